The molecule has 0 spiro atoms. The van der Waals surface area contributed by atoms with E-state index in [4.69, 9.17) is 0 Å². The number of nitrogens with one attached hydrogen (secondary N) is 1. The molecule has 0 bridgehead atoms. The lowest BCUT2D eigenvalue weighted by Gasteiger charge is -2.26. The molecule has 0 saturated carbocycles. The first-order valence-electron chi connectivity index (χ1n) is 8.50. The van der Waals surface area contributed by atoms with E-state index in [1.54, 1.807) is 0 Å². The highest BCUT2D eigenvalue weighted by atomic mass is 16.2. The fourth-order valence-electron chi connectivity index (χ4n) is 3.51. The number of rotatable bonds is 3. The Labute approximate surface area is 137 Å². The molecule has 2 amide bonds. The smallest absolute Gasteiger partial charge is 0.228 e. The van der Waals surface area contributed by atoms with Crippen molar-refractivity contribution >= 4 is 11.8 Å². The lowest BCUT2D eigenvalue weighted by molar-refractivity contribution is -0.135. The summed E-state index contributed by atoms with van der Waals surface area (Å²) in [6.45, 7) is 5.93. The molecule has 1 aromatic carbocycles. The molecule has 2 atom stereocenters. The average molecular weight is 315 g/mol. The van der Waals surface area contributed by atoms with Gasteiger partial charge in [-0.05, 0) is 25.5 Å². The molecule has 5 heteroatoms. The third kappa shape index (κ3) is 3.55. The number of hydrogen-bond donors (Lipinski definition) is 1. The molecule has 2 fully saturated rings. The Morgan fingerprint density at radius 1 is 1.22 bits per heavy atom. The van der Waals surface area contributed by atoms with Gasteiger partial charge in [0.2, 0.25) is 11.8 Å². The van der Waals surface area contributed by atoms with E-state index in [9.17, 15) is 9.59 Å². The van der Waals surface area contributed by atoms with Crippen molar-refractivity contribution in [1.29, 1.82) is 0 Å². The summed E-state index contributed by atoms with van der Waals surface area (Å²) in [5.74, 6) is 0.0456. The normalized spacial score (nSPS) is 23.7. The second-order valence-corrected chi connectivity index (χ2v) is 6.46. The van der Waals surface area contributed by atoms with Gasteiger partial charge >= 0.3 is 0 Å². The summed E-state index contributed by atoms with van der Waals surface area (Å²) >= 11 is 0. The van der Waals surface area contributed by atoms with Crippen molar-refractivity contribution < 1.29 is 9.59 Å². The third-order valence-corrected chi connectivity index (χ3v) is 4.91. The molecule has 3 rings (SSSR count). The molecule has 2 aliphatic rings. The second kappa shape index (κ2) is 7.13. The van der Waals surface area contributed by atoms with Crippen molar-refractivity contribution in [3.05, 3.63) is 35.9 Å². The highest BCUT2D eigenvalue weighted by Gasteiger charge is 2.38. The van der Waals surface area contributed by atoms with Gasteiger partial charge in [-0.1, -0.05) is 30.3 Å². The zero-order valence-corrected chi connectivity index (χ0v) is 13.7. The molecule has 23 heavy (non-hydrogen) atoms. The fraction of sp³-hybridized carbons (Fsp3) is 0.556. The molecule has 2 saturated heterocycles. The third-order valence-electron chi connectivity index (χ3n) is 4.91. The van der Waals surface area contributed by atoms with Crippen molar-refractivity contribution in [2.45, 2.75) is 25.8 Å². The monoisotopic (exact) mass is 315 g/mol. The van der Waals surface area contributed by atoms with Crippen LogP contribution in [-0.2, 0) is 9.59 Å². The number of carbonyl (C=O) groups is 2. The highest BCUT2D eigenvalue weighted by Crippen LogP contribution is 2.29. The first-order chi connectivity index (χ1) is 11.2. The molecule has 2 unspecified atom stereocenters. The van der Waals surface area contributed by atoms with Crippen LogP contribution in [0.3, 0.4) is 0 Å². The lowest BCUT2D eigenvalue weighted by atomic mass is 10.1. The van der Waals surface area contributed by atoms with Crippen LogP contribution >= 0.6 is 0 Å². The molecule has 0 aromatic heterocycles. The van der Waals surface area contributed by atoms with E-state index in [2.05, 4.69) is 5.32 Å². The van der Waals surface area contributed by atoms with E-state index in [1.807, 2.05) is 47.1 Å². The van der Waals surface area contributed by atoms with Gasteiger partial charge in [-0.2, -0.15) is 0 Å². The van der Waals surface area contributed by atoms with Crippen LogP contribution in [0.2, 0.25) is 0 Å². The number of nitrogens with zero attached hydrogens (tertiary/aromatic N) is 2. The van der Waals surface area contributed by atoms with Crippen LogP contribution in [0.4, 0.5) is 0 Å². The molecule has 0 aliphatic carbocycles. The van der Waals surface area contributed by atoms with Crippen molar-refractivity contribution in [2.75, 3.05) is 32.7 Å². The molecule has 0 radical (unpaired) electrons. The largest absolute Gasteiger partial charge is 0.341 e. The zero-order valence-electron chi connectivity index (χ0n) is 13.7. The summed E-state index contributed by atoms with van der Waals surface area (Å²) in [6.07, 6.45) is 1.33. The zero-order chi connectivity index (χ0) is 16.2. The molecule has 1 N–H and O–H groups in total. The SMILES string of the molecule is CC(c1ccccc1)N1CC(C(=O)N2CCCNCC2)CC1=O. The van der Waals surface area contributed by atoms with Gasteiger partial charge < -0.3 is 15.1 Å². The Morgan fingerprint density at radius 3 is 2.78 bits per heavy atom. The molecule has 124 valence electrons. The Balaban J connectivity index is 1.66. The van der Waals surface area contributed by atoms with Crippen molar-refractivity contribution in [2.24, 2.45) is 5.92 Å². The van der Waals surface area contributed by atoms with Crippen LogP contribution in [0.1, 0.15) is 31.4 Å². The maximum atomic E-state index is 12.7. The quantitative estimate of drug-likeness (QED) is 0.918. The van der Waals surface area contributed by atoms with Crippen molar-refractivity contribution in [3.8, 4) is 0 Å². The minimum atomic E-state index is -0.188. The summed E-state index contributed by atoms with van der Waals surface area (Å²) in [4.78, 5) is 28.9. The molecular weight excluding hydrogens is 290 g/mol. The highest BCUT2D eigenvalue weighted by molar-refractivity contribution is 5.89. The molecule has 2 heterocycles. The van der Waals surface area contributed by atoms with Gasteiger partial charge in [-0.25, -0.2) is 0 Å². The summed E-state index contributed by atoms with van der Waals surface area (Å²) < 4.78 is 0. The van der Waals surface area contributed by atoms with Crippen LogP contribution in [0, 0.1) is 5.92 Å². The number of hydrogen-bond acceptors (Lipinski definition) is 3. The van der Waals surface area contributed by atoms with E-state index in [1.165, 1.54) is 0 Å². The van der Waals surface area contributed by atoms with Crippen LogP contribution in [-0.4, -0.2) is 54.3 Å². The Kier molecular flexibility index (Phi) is 4.96. The van der Waals surface area contributed by atoms with E-state index in [-0.39, 0.29) is 23.8 Å². The van der Waals surface area contributed by atoms with Crippen LogP contribution in [0.5, 0.6) is 0 Å². The molecular formula is C18H25N3O2. The van der Waals surface area contributed by atoms with E-state index in [0.29, 0.717) is 13.0 Å². The molecule has 1 aromatic rings. The van der Waals surface area contributed by atoms with E-state index < -0.39 is 0 Å². The van der Waals surface area contributed by atoms with Crippen LogP contribution in [0.25, 0.3) is 0 Å². The average Bonchev–Trinajstić information content (AvgIpc) is 2.79. The number of carbonyl (C=O) groups excluding carboxylic acids is 2. The summed E-state index contributed by atoms with van der Waals surface area (Å²) in [6, 6.07) is 10.0. The molecule has 2 aliphatic heterocycles. The minimum Gasteiger partial charge on any atom is -0.341 e. The number of amides is 2. The van der Waals surface area contributed by atoms with Crippen molar-refractivity contribution in [1.82, 2.24) is 15.1 Å². The number of likely N-dealkylation sites (tertiary alicyclic amines) is 1. The van der Waals surface area contributed by atoms with Gasteiger partial charge in [0.05, 0.1) is 12.0 Å². The van der Waals surface area contributed by atoms with Gasteiger partial charge in [-0.3, -0.25) is 9.59 Å². The van der Waals surface area contributed by atoms with Gasteiger partial charge in [0.25, 0.3) is 0 Å². The van der Waals surface area contributed by atoms with Gasteiger partial charge in [0.15, 0.2) is 0 Å². The topological polar surface area (TPSA) is 52.7 Å². The summed E-state index contributed by atoms with van der Waals surface area (Å²) in [7, 11) is 0. The lowest BCUT2D eigenvalue weighted by Crippen LogP contribution is -2.39. The van der Waals surface area contributed by atoms with Crippen LogP contribution in [0.15, 0.2) is 30.3 Å². The minimum absolute atomic E-state index is 0.0206. The van der Waals surface area contributed by atoms with Gasteiger partial charge in [-0.15, -0.1) is 0 Å². The predicted molar refractivity (Wildman–Crippen MR) is 88.7 cm³/mol. The Hall–Kier alpha value is -1.88. The molecule has 5 nitrogen and oxygen atoms in total. The fourth-order valence-corrected chi connectivity index (χ4v) is 3.51. The van der Waals surface area contributed by atoms with Crippen molar-refractivity contribution in [3.63, 3.8) is 0 Å². The maximum Gasteiger partial charge on any atom is 0.228 e. The first kappa shape index (κ1) is 16.0. The van der Waals surface area contributed by atoms with E-state index in [0.717, 1.165) is 38.2 Å². The first-order valence-corrected chi connectivity index (χ1v) is 8.50. The number of benzene rings is 1. The summed E-state index contributed by atoms with van der Waals surface area (Å²) in [5, 5.41) is 3.31. The predicted octanol–water partition coefficient (Wildman–Crippen LogP) is 1.42. The second-order valence-electron chi connectivity index (χ2n) is 6.46. The van der Waals surface area contributed by atoms with E-state index >= 15 is 0 Å². The summed E-state index contributed by atoms with van der Waals surface area (Å²) in [5.41, 5.74) is 1.12. The van der Waals surface area contributed by atoms with Gasteiger partial charge in [0, 0.05) is 32.6 Å². The van der Waals surface area contributed by atoms with Crippen LogP contribution < -0.4 is 5.32 Å². The van der Waals surface area contributed by atoms with Gasteiger partial charge in [0.1, 0.15) is 0 Å². The standard InChI is InChI=1S/C18H25N3O2/c1-14(15-6-3-2-4-7-15)21-13-16(12-17(21)22)18(23)20-10-5-8-19-9-11-20/h2-4,6-7,14,16,19H,5,8-13H2,1H3. The maximum absolute atomic E-state index is 12.7. The Morgan fingerprint density at radius 2 is 2.00 bits per heavy atom. The Bertz CT molecular complexity index is 553.